The van der Waals surface area contributed by atoms with Crippen LogP contribution in [0.1, 0.15) is 18.1 Å². The third-order valence-corrected chi connectivity index (χ3v) is 6.19. The summed E-state index contributed by atoms with van der Waals surface area (Å²) in [4.78, 5) is 0. The quantitative estimate of drug-likeness (QED) is 0.377. The summed E-state index contributed by atoms with van der Waals surface area (Å²) >= 11 is 3.52. The van der Waals surface area contributed by atoms with Gasteiger partial charge in [0.2, 0.25) is 0 Å². The number of hydrogen-bond acceptors (Lipinski definition) is 2. The first-order valence-electron chi connectivity index (χ1n) is 10.3. The topological polar surface area (TPSA) is 18.5 Å². The van der Waals surface area contributed by atoms with Gasteiger partial charge in [0.15, 0.2) is 17.6 Å². The van der Waals surface area contributed by atoms with Crippen LogP contribution >= 0.6 is 15.9 Å². The van der Waals surface area contributed by atoms with E-state index in [1.54, 1.807) is 6.07 Å². The molecule has 0 bridgehead atoms. The number of ether oxygens (including phenoxy) is 2. The zero-order valence-corrected chi connectivity index (χ0v) is 18.6. The molecular formula is C25H26BrFNO2+. The predicted molar refractivity (Wildman–Crippen MR) is 120 cm³/mol. The van der Waals surface area contributed by atoms with Crippen molar-refractivity contribution < 1.29 is 18.3 Å². The van der Waals surface area contributed by atoms with E-state index in [0.29, 0.717) is 12.4 Å². The molecule has 156 valence electrons. The molecule has 3 aromatic carbocycles. The number of quaternary nitrogens is 1. The number of likely N-dealkylation sites (N-methyl/N-ethyl adjacent to an activating group) is 1. The van der Waals surface area contributed by atoms with Crippen LogP contribution in [0.2, 0.25) is 0 Å². The molecule has 1 aliphatic rings. The molecule has 0 aromatic heterocycles. The van der Waals surface area contributed by atoms with Crippen LogP contribution < -0.4 is 9.47 Å². The lowest BCUT2D eigenvalue weighted by Gasteiger charge is -2.49. The fourth-order valence-electron chi connectivity index (χ4n) is 4.02. The van der Waals surface area contributed by atoms with E-state index in [9.17, 15) is 4.39 Å². The molecule has 0 unspecified atom stereocenters. The second kappa shape index (κ2) is 9.19. The van der Waals surface area contributed by atoms with E-state index in [2.05, 4.69) is 53.2 Å². The second-order valence-corrected chi connectivity index (χ2v) is 8.83. The number of rotatable bonds is 8. The maximum Gasteiger partial charge on any atom is 0.196 e. The van der Waals surface area contributed by atoms with Crippen molar-refractivity contribution in [1.82, 2.24) is 0 Å². The zero-order valence-electron chi connectivity index (χ0n) is 17.1. The van der Waals surface area contributed by atoms with Crippen LogP contribution in [-0.2, 0) is 13.2 Å². The molecule has 0 atom stereocenters. The highest BCUT2D eigenvalue weighted by Gasteiger charge is 2.44. The Hall–Kier alpha value is -2.37. The summed E-state index contributed by atoms with van der Waals surface area (Å²) in [6.45, 7) is 6.59. The molecule has 5 heteroatoms. The maximum atomic E-state index is 13.4. The smallest absolute Gasteiger partial charge is 0.196 e. The van der Waals surface area contributed by atoms with Gasteiger partial charge in [0, 0.05) is 10.0 Å². The lowest BCUT2D eigenvalue weighted by atomic mass is 10.0. The molecule has 0 saturated carbocycles. The Morgan fingerprint density at radius 2 is 1.70 bits per heavy atom. The van der Waals surface area contributed by atoms with Gasteiger partial charge in [-0.25, -0.2) is 4.39 Å². The lowest BCUT2D eigenvalue weighted by molar-refractivity contribution is -0.981. The Labute approximate surface area is 185 Å². The number of halogens is 2. The molecule has 4 rings (SSSR count). The van der Waals surface area contributed by atoms with Crippen LogP contribution in [0.15, 0.2) is 77.3 Å². The average Bonchev–Trinajstić information content (AvgIpc) is 2.72. The SMILES string of the molecule is CC[N@+]1(Cc2ccccc2)C[C@H](Oc2cc(Br)ccc2OCc2cccc(F)c2)C1. The second-order valence-electron chi connectivity index (χ2n) is 7.92. The van der Waals surface area contributed by atoms with Gasteiger partial charge in [-0.2, -0.15) is 0 Å². The van der Waals surface area contributed by atoms with Crippen molar-refractivity contribution in [1.29, 1.82) is 0 Å². The van der Waals surface area contributed by atoms with Gasteiger partial charge < -0.3 is 14.0 Å². The van der Waals surface area contributed by atoms with Gasteiger partial charge in [-0.3, -0.25) is 0 Å². The minimum Gasteiger partial charge on any atom is -0.485 e. The summed E-state index contributed by atoms with van der Waals surface area (Å²) in [5.41, 5.74) is 2.15. The van der Waals surface area contributed by atoms with Crippen molar-refractivity contribution in [3.8, 4) is 11.5 Å². The summed E-state index contributed by atoms with van der Waals surface area (Å²) in [7, 11) is 0. The molecule has 0 spiro atoms. The van der Waals surface area contributed by atoms with Crippen LogP contribution in [0.25, 0.3) is 0 Å². The highest BCUT2D eigenvalue weighted by molar-refractivity contribution is 9.10. The van der Waals surface area contributed by atoms with Crippen molar-refractivity contribution >= 4 is 15.9 Å². The van der Waals surface area contributed by atoms with Crippen LogP contribution in [0, 0.1) is 5.82 Å². The van der Waals surface area contributed by atoms with Gasteiger partial charge in [0.1, 0.15) is 32.1 Å². The predicted octanol–water partition coefficient (Wildman–Crippen LogP) is 5.97. The third-order valence-electron chi connectivity index (χ3n) is 5.70. The Kier molecular flexibility index (Phi) is 6.40. The van der Waals surface area contributed by atoms with E-state index in [0.717, 1.165) is 46.4 Å². The summed E-state index contributed by atoms with van der Waals surface area (Å²) in [5.74, 6) is 1.14. The van der Waals surface area contributed by atoms with Crippen molar-refractivity contribution in [2.45, 2.75) is 26.2 Å². The van der Waals surface area contributed by atoms with E-state index < -0.39 is 0 Å². The van der Waals surface area contributed by atoms with Crippen LogP contribution in [0.5, 0.6) is 11.5 Å². The molecule has 1 heterocycles. The summed E-state index contributed by atoms with van der Waals surface area (Å²) in [6, 6.07) is 22.9. The van der Waals surface area contributed by atoms with E-state index in [1.165, 1.54) is 17.7 Å². The minimum absolute atomic E-state index is 0.152. The molecule has 1 saturated heterocycles. The average molecular weight is 471 g/mol. The largest absolute Gasteiger partial charge is 0.485 e. The third kappa shape index (κ3) is 5.02. The standard InChI is InChI=1S/C25H26BrFNO2/c1-2-28(15-19-7-4-3-5-8-19)16-23(17-28)30-25-14-21(26)11-12-24(25)29-18-20-9-6-10-22(27)13-20/h3-14,23H,2,15-18H2,1H3/q+1/t23-,28-. The first-order valence-corrected chi connectivity index (χ1v) is 11.1. The molecule has 0 radical (unpaired) electrons. The number of likely N-dealkylation sites (tertiary alicyclic amines) is 1. The number of nitrogens with zero attached hydrogens (tertiary/aromatic N) is 1. The minimum atomic E-state index is -0.259. The van der Waals surface area contributed by atoms with Crippen molar-refractivity contribution in [3.05, 3.63) is 94.2 Å². The maximum absolute atomic E-state index is 13.4. The van der Waals surface area contributed by atoms with Crippen molar-refractivity contribution in [3.63, 3.8) is 0 Å². The monoisotopic (exact) mass is 470 g/mol. The van der Waals surface area contributed by atoms with Crippen LogP contribution in [0.4, 0.5) is 4.39 Å². The van der Waals surface area contributed by atoms with E-state index >= 15 is 0 Å². The van der Waals surface area contributed by atoms with Crippen molar-refractivity contribution in [2.24, 2.45) is 0 Å². The summed E-state index contributed by atoms with van der Waals surface area (Å²) in [5, 5.41) is 0. The van der Waals surface area contributed by atoms with Gasteiger partial charge in [-0.15, -0.1) is 0 Å². The van der Waals surface area contributed by atoms with E-state index in [1.807, 2.05) is 24.3 Å². The van der Waals surface area contributed by atoms with E-state index in [-0.39, 0.29) is 11.9 Å². The normalized spacial score (nSPS) is 20.4. The van der Waals surface area contributed by atoms with Crippen LogP contribution in [0.3, 0.4) is 0 Å². The van der Waals surface area contributed by atoms with Gasteiger partial charge in [0.05, 0.1) is 6.54 Å². The summed E-state index contributed by atoms with van der Waals surface area (Å²) < 4.78 is 27.7. The van der Waals surface area contributed by atoms with Gasteiger partial charge in [-0.05, 0) is 42.8 Å². The first-order chi connectivity index (χ1) is 14.5. The molecule has 0 aliphatic carbocycles. The van der Waals surface area contributed by atoms with Gasteiger partial charge in [-0.1, -0.05) is 58.4 Å². The van der Waals surface area contributed by atoms with Gasteiger partial charge >= 0.3 is 0 Å². The molecule has 3 nitrogen and oxygen atoms in total. The van der Waals surface area contributed by atoms with Crippen molar-refractivity contribution in [2.75, 3.05) is 19.6 Å². The van der Waals surface area contributed by atoms with Gasteiger partial charge in [0.25, 0.3) is 0 Å². The fourth-order valence-corrected chi connectivity index (χ4v) is 4.36. The van der Waals surface area contributed by atoms with Crippen LogP contribution in [-0.4, -0.2) is 30.2 Å². The Morgan fingerprint density at radius 1 is 0.933 bits per heavy atom. The number of hydrogen-bond donors (Lipinski definition) is 0. The lowest BCUT2D eigenvalue weighted by Crippen LogP contribution is -2.67. The Bertz CT molecular complexity index is 989. The highest BCUT2D eigenvalue weighted by Crippen LogP contribution is 2.35. The summed E-state index contributed by atoms with van der Waals surface area (Å²) in [6.07, 6.45) is 0.152. The molecular weight excluding hydrogens is 445 g/mol. The molecule has 3 aromatic rings. The number of benzene rings is 3. The fraction of sp³-hybridized carbons (Fsp3) is 0.280. The van der Waals surface area contributed by atoms with E-state index in [4.69, 9.17) is 9.47 Å². The molecule has 0 N–H and O–H groups in total. The molecule has 1 fully saturated rings. The molecule has 0 amide bonds. The molecule has 30 heavy (non-hydrogen) atoms. The Balaban J connectivity index is 1.40. The molecule has 1 aliphatic heterocycles. The first kappa shape index (κ1) is 20.9. The Morgan fingerprint density at radius 3 is 2.43 bits per heavy atom. The zero-order chi connectivity index (χ0) is 21.0. The highest BCUT2D eigenvalue weighted by atomic mass is 79.9.